The van der Waals surface area contributed by atoms with Crippen molar-refractivity contribution in [3.8, 4) is 11.1 Å². The van der Waals surface area contributed by atoms with Crippen LogP contribution in [-0.2, 0) is 33.5 Å². The molecule has 4 rings (SSSR count). The largest absolute Gasteiger partial charge is 0.480 e. The highest BCUT2D eigenvalue weighted by molar-refractivity contribution is 8.17. The predicted molar refractivity (Wildman–Crippen MR) is 245 cm³/mol. The number of rotatable bonds is 24. The molecular formula is C45H64N6O11S2. The fourth-order valence-electron chi connectivity index (χ4n) is 7.49. The van der Waals surface area contributed by atoms with E-state index >= 15 is 0 Å². The highest BCUT2D eigenvalue weighted by Crippen LogP contribution is 2.44. The Labute approximate surface area is 382 Å². The van der Waals surface area contributed by atoms with Crippen LogP contribution in [0, 0.1) is 11.8 Å². The van der Waals surface area contributed by atoms with Crippen LogP contribution in [-0.4, -0.2) is 129 Å². The number of fused-ring (bicyclic) bond motifs is 3. The Morgan fingerprint density at radius 1 is 0.766 bits per heavy atom. The number of Topliss-reactive ketones (excluding diaryl/α,β-unsaturated/α-hetero) is 1. The summed E-state index contributed by atoms with van der Waals surface area (Å²) in [4.78, 5) is 92.7. The number of carbonyl (C=O) groups excluding carboxylic acids is 6. The molecule has 5 amide bonds. The lowest BCUT2D eigenvalue weighted by Gasteiger charge is -2.25. The summed E-state index contributed by atoms with van der Waals surface area (Å²) >= 11 is 2.83. The normalized spacial score (nSPS) is 18.9. The summed E-state index contributed by atoms with van der Waals surface area (Å²) in [6.45, 7) is 6.64. The number of aliphatic hydroxyl groups is 2. The van der Waals surface area contributed by atoms with Gasteiger partial charge in [-0.2, -0.15) is 0 Å². The molecule has 1 heterocycles. The third kappa shape index (κ3) is 15.8. The number of nitrogens with one attached hydrogen (secondary N) is 5. The van der Waals surface area contributed by atoms with E-state index in [-0.39, 0.29) is 59.6 Å². The van der Waals surface area contributed by atoms with E-state index in [2.05, 4.69) is 26.6 Å². The molecule has 0 aromatic heterocycles. The number of thioether (sulfide) groups is 2. The van der Waals surface area contributed by atoms with Gasteiger partial charge in [-0.15, -0.1) is 23.5 Å². The summed E-state index contributed by atoms with van der Waals surface area (Å²) in [6, 6.07) is 10.7. The zero-order valence-corrected chi connectivity index (χ0v) is 38.5. The molecule has 352 valence electrons. The fraction of sp³-hybridized carbons (Fsp3) is 0.578. The number of hydrogen-bond donors (Lipinski definition) is 9. The standard InChI is InChI=1S/C45H64N6O11S2/c1-25(2)19-34(50-45(61)62-22-32-30-13-7-5-11-28(30)29-12-6-8-14-31(29)32)43(58)49-35(20-27(52)16-17-39-63-23-36(53)37(54)24-64-39)41(56)47-21-38(55)48-33(15-9-10-18-46)42(57)51-40(26(3)4)44(59)60/h5-8,11-14,25-26,32-37,39-40,53-54H,9-10,15-24,46H2,1-4H3,(H,47,56)(H,48,55)(H,49,58)(H,50,61)(H,51,57)(H,59,60)/t33-,34-,35-,36?,37?,39?,40-/m0/s1. The molecule has 0 spiro atoms. The van der Waals surface area contributed by atoms with Crippen LogP contribution in [0.3, 0.4) is 0 Å². The zero-order valence-electron chi connectivity index (χ0n) is 36.9. The van der Waals surface area contributed by atoms with Gasteiger partial charge < -0.3 is 52.4 Å². The van der Waals surface area contributed by atoms with Crippen molar-refractivity contribution in [2.45, 2.75) is 120 Å². The lowest BCUT2D eigenvalue weighted by Crippen LogP contribution is -2.56. The highest BCUT2D eigenvalue weighted by atomic mass is 32.2. The number of alkyl carbamates (subject to hydrolysis) is 1. The molecule has 10 N–H and O–H groups in total. The minimum atomic E-state index is -1.48. The molecule has 0 saturated carbocycles. The van der Waals surface area contributed by atoms with Crippen molar-refractivity contribution in [2.24, 2.45) is 17.6 Å². The first-order chi connectivity index (χ1) is 30.5. The second kappa shape index (κ2) is 25.7. The number of aliphatic hydroxyl groups excluding tert-OH is 2. The molecule has 2 aromatic carbocycles. The third-order valence-electron chi connectivity index (χ3n) is 11.0. The Kier molecular flexibility index (Phi) is 20.9. The van der Waals surface area contributed by atoms with Crippen molar-refractivity contribution < 1.29 is 53.6 Å². The van der Waals surface area contributed by atoms with Crippen LogP contribution in [0.4, 0.5) is 4.79 Å². The molecule has 6 atom stereocenters. The van der Waals surface area contributed by atoms with E-state index in [1.54, 1.807) is 13.8 Å². The van der Waals surface area contributed by atoms with Crippen molar-refractivity contribution in [1.29, 1.82) is 0 Å². The van der Waals surface area contributed by atoms with Gasteiger partial charge >= 0.3 is 12.1 Å². The van der Waals surface area contributed by atoms with Crippen LogP contribution in [0.1, 0.15) is 89.7 Å². The van der Waals surface area contributed by atoms with E-state index in [0.29, 0.717) is 25.8 Å². The van der Waals surface area contributed by atoms with Gasteiger partial charge in [-0.25, -0.2) is 9.59 Å². The summed E-state index contributed by atoms with van der Waals surface area (Å²) in [6.07, 6.45) is -1.44. The van der Waals surface area contributed by atoms with Crippen molar-refractivity contribution in [1.82, 2.24) is 26.6 Å². The van der Waals surface area contributed by atoms with E-state index < -0.39 is 91.0 Å². The van der Waals surface area contributed by atoms with Gasteiger partial charge in [0.15, 0.2) is 0 Å². The summed E-state index contributed by atoms with van der Waals surface area (Å²) < 4.78 is 5.60. The fourth-order valence-corrected chi connectivity index (χ4v) is 10.2. The number of ketones is 1. The Bertz CT molecular complexity index is 1880. The Hall–Kier alpha value is -4.69. The van der Waals surface area contributed by atoms with E-state index in [1.165, 1.54) is 23.5 Å². The topological polar surface area (TPSA) is 276 Å². The molecule has 2 aromatic rings. The molecule has 2 unspecified atom stereocenters. The average molecular weight is 929 g/mol. The summed E-state index contributed by atoms with van der Waals surface area (Å²) in [5.74, 6) is -4.95. The third-order valence-corrected chi connectivity index (χ3v) is 14.1. The second-order valence-electron chi connectivity index (χ2n) is 16.9. The maximum atomic E-state index is 14.0. The highest BCUT2D eigenvalue weighted by Gasteiger charge is 2.34. The average Bonchev–Trinajstić information content (AvgIpc) is 3.48. The molecule has 2 aliphatic rings. The number of aliphatic carboxylic acids is 1. The summed E-state index contributed by atoms with van der Waals surface area (Å²) in [5.41, 5.74) is 9.74. The molecule has 1 aliphatic heterocycles. The molecule has 1 saturated heterocycles. The number of ether oxygens (including phenoxy) is 1. The number of carbonyl (C=O) groups is 7. The Morgan fingerprint density at radius 3 is 1.92 bits per heavy atom. The first-order valence-electron chi connectivity index (χ1n) is 21.8. The number of benzene rings is 2. The second-order valence-corrected chi connectivity index (χ2v) is 19.7. The number of unbranched alkanes of at least 4 members (excludes halogenated alkanes) is 1. The lowest BCUT2D eigenvalue weighted by molar-refractivity contribution is -0.143. The van der Waals surface area contributed by atoms with E-state index in [0.717, 1.165) is 22.3 Å². The maximum absolute atomic E-state index is 14.0. The van der Waals surface area contributed by atoms with Gasteiger partial charge in [0.05, 0.1) is 23.3 Å². The summed E-state index contributed by atoms with van der Waals surface area (Å²) in [7, 11) is 0. The van der Waals surface area contributed by atoms with Gasteiger partial charge in [0.2, 0.25) is 23.6 Å². The monoisotopic (exact) mass is 928 g/mol. The van der Waals surface area contributed by atoms with Crippen molar-refractivity contribution >= 4 is 65.0 Å². The Morgan fingerprint density at radius 2 is 1.36 bits per heavy atom. The minimum Gasteiger partial charge on any atom is -0.480 e. The lowest BCUT2D eigenvalue weighted by atomic mass is 9.98. The smallest absolute Gasteiger partial charge is 0.407 e. The van der Waals surface area contributed by atoms with E-state index in [1.807, 2.05) is 62.4 Å². The number of nitrogens with two attached hydrogens (primary N) is 1. The molecule has 1 aliphatic carbocycles. The van der Waals surface area contributed by atoms with Crippen molar-refractivity contribution in [3.05, 3.63) is 59.7 Å². The summed E-state index contributed by atoms with van der Waals surface area (Å²) in [5, 5.41) is 42.5. The predicted octanol–water partition coefficient (Wildman–Crippen LogP) is 2.65. The van der Waals surface area contributed by atoms with Crippen LogP contribution in [0.5, 0.6) is 0 Å². The Balaban J connectivity index is 1.45. The molecule has 19 heteroatoms. The quantitative estimate of drug-likeness (QED) is 0.0686. The van der Waals surface area contributed by atoms with Crippen molar-refractivity contribution in [3.63, 3.8) is 0 Å². The number of amides is 5. The molecule has 0 radical (unpaired) electrons. The molecule has 64 heavy (non-hydrogen) atoms. The van der Waals surface area contributed by atoms with Crippen LogP contribution in [0.25, 0.3) is 11.1 Å². The molecule has 0 bridgehead atoms. The van der Waals surface area contributed by atoms with Crippen LogP contribution in [0.2, 0.25) is 0 Å². The van der Waals surface area contributed by atoms with Crippen LogP contribution >= 0.6 is 23.5 Å². The number of hydrogen-bond acceptors (Lipinski definition) is 13. The van der Waals surface area contributed by atoms with Gasteiger partial charge in [-0.3, -0.25) is 24.0 Å². The van der Waals surface area contributed by atoms with Gasteiger partial charge in [0.25, 0.3) is 0 Å². The van der Waals surface area contributed by atoms with E-state index in [4.69, 9.17) is 10.5 Å². The molecule has 17 nitrogen and oxygen atoms in total. The van der Waals surface area contributed by atoms with Gasteiger partial charge in [0, 0.05) is 30.3 Å². The van der Waals surface area contributed by atoms with Crippen molar-refractivity contribution in [2.75, 3.05) is 31.2 Å². The van der Waals surface area contributed by atoms with Crippen LogP contribution < -0.4 is 32.3 Å². The van der Waals surface area contributed by atoms with Gasteiger partial charge in [-0.05, 0) is 72.7 Å². The minimum absolute atomic E-state index is 0.000361. The van der Waals surface area contributed by atoms with Gasteiger partial charge in [0.1, 0.15) is 36.6 Å². The maximum Gasteiger partial charge on any atom is 0.407 e. The van der Waals surface area contributed by atoms with Crippen LogP contribution in [0.15, 0.2) is 48.5 Å². The zero-order chi connectivity index (χ0) is 46.9. The first-order valence-corrected chi connectivity index (χ1v) is 23.9. The molecular weight excluding hydrogens is 865 g/mol. The SMILES string of the molecule is CC(C)C[C@H](NC(=O)OCC1c2ccccc2-c2ccccc21)C(=O)N[C@@H](CC(=O)CCC1SCC(O)C(O)CS1)C(=O)NCC(=O)N[C@@H](CCCCN)C(=O)N[C@H](C(=O)O)C(C)C. The first kappa shape index (κ1) is 51.9. The molecule has 1 fully saturated rings. The van der Waals surface area contributed by atoms with E-state index in [9.17, 15) is 48.9 Å². The number of carboxylic acid groups (broad SMARTS) is 1. The number of carboxylic acids is 1. The van der Waals surface area contributed by atoms with Gasteiger partial charge in [-0.1, -0.05) is 76.2 Å².